The van der Waals surface area contributed by atoms with Crippen molar-refractivity contribution in [1.29, 1.82) is 0 Å². The minimum atomic E-state index is -0.216. The van der Waals surface area contributed by atoms with Crippen LogP contribution in [0, 0.1) is 5.82 Å². The van der Waals surface area contributed by atoms with E-state index in [1.54, 1.807) is 12.1 Å². The summed E-state index contributed by atoms with van der Waals surface area (Å²) >= 11 is 6.18. The highest BCUT2D eigenvalue weighted by atomic mass is 35.5. The highest BCUT2D eigenvalue weighted by Crippen LogP contribution is 2.51. The largest absolute Gasteiger partial charge is 0.316 e. The molecule has 110 valence electrons. The van der Waals surface area contributed by atoms with E-state index in [1.165, 1.54) is 11.6 Å². The van der Waals surface area contributed by atoms with Gasteiger partial charge in [-0.2, -0.15) is 0 Å². The van der Waals surface area contributed by atoms with E-state index in [9.17, 15) is 4.39 Å². The lowest BCUT2D eigenvalue weighted by Gasteiger charge is -2.28. The molecular formula is C18H19ClFN. The first-order valence-corrected chi connectivity index (χ1v) is 7.71. The number of halogens is 2. The summed E-state index contributed by atoms with van der Waals surface area (Å²) in [6.07, 6.45) is 2.88. The molecular weight excluding hydrogens is 285 g/mol. The number of hydrogen-bond donors (Lipinski definition) is 1. The standard InChI is InChI=1S/C18H19ClFN/c1-21-17(12-14-15(19)8-5-9-16(14)20)18(10-11-18)13-6-3-2-4-7-13/h2-9,17,21H,10-12H2,1H3. The van der Waals surface area contributed by atoms with Gasteiger partial charge in [-0.3, -0.25) is 0 Å². The van der Waals surface area contributed by atoms with Crippen LogP contribution in [0.2, 0.25) is 5.02 Å². The Kier molecular flexibility index (Phi) is 4.01. The van der Waals surface area contributed by atoms with Crippen molar-refractivity contribution in [3.8, 4) is 0 Å². The Morgan fingerprint density at radius 1 is 1.14 bits per heavy atom. The third kappa shape index (κ3) is 2.70. The van der Waals surface area contributed by atoms with E-state index in [2.05, 4.69) is 29.6 Å². The van der Waals surface area contributed by atoms with Crippen LogP contribution in [0.1, 0.15) is 24.0 Å². The lowest BCUT2D eigenvalue weighted by Crippen LogP contribution is -2.40. The quantitative estimate of drug-likeness (QED) is 0.866. The Labute approximate surface area is 130 Å². The lowest BCUT2D eigenvalue weighted by atomic mass is 9.84. The molecule has 2 aromatic carbocycles. The van der Waals surface area contributed by atoms with Gasteiger partial charge in [-0.25, -0.2) is 4.39 Å². The third-order valence-corrected chi connectivity index (χ3v) is 4.98. The molecule has 1 saturated carbocycles. The summed E-state index contributed by atoms with van der Waals surface area (Å²) in [7, 11) is 1.95. The van der Waals surface area contributed by atoms with Crippen molar-refractivity contribution in [3.05, 3.63) is 70.5 Å². The second-order valence-electron chi connectivity index (χ2n) is 5.77. The molecule has 1 atom stereocenters. The minimum Gasteiger partial charge on any atom is -0.316 e. The van der Waals surface area contributed by atoms with E-state index < -0.39 is 0 Å². The maximum absolute atomic E-state index is 14.0. The number of rotatable bonds is 5. The van der Waals surface area contributed by atoms with E-state index in [1.807, 2.05) is 13.1 Å². The van der Waals surface area contributed by atoms with Gasteiger partial charge in [0, 0.05) is 22.0 Å². The summed E-state index contributed by atoms with van der Waals surface area (Å²) in [4.78, 5) is 0. The Bertz CT molecular complexity index is 602. The van der Waals surface area contributed by atoms with Crippen LogP contribution in [0.15, 0.2) is 48.5 Å². The first kappa shape index (κ1) is 14.6. The molecule has 21 heavy (non-hydrogen) atoms. The fourth-order valence-corrected chi connectivity index (χ4v) is 3.49. The summed E-state index contributed by atoms with van der Waals surface area (Å²) < 4.78 is 14.0. The summed E-state index contributed by atoms with van der Waals surface area (Å²) in [5.41, 5.74) is 2.05. The van der Waals surface area contributed by atoms with Gasteiger partial charge in [-0.15, -0.1) is 0 Å². The normalized spacial score (nSPS) is 17.5. The number of benzene rings is 2. The highest BCUT2D eigenvalue weighted by molar-refractivity contribution is 6.31. The smallest absolute Gasteiger partial charge is 0.127 e. The van der Waals surface area contributed by atoms with Crippen molar-refractivity contribution in [2.45, 2.75) is 30.7 Å². The van der Waals surface area contributed by atoms with E-state index in [-0.39, 0.29) is 17.3 Å². The molecule has 1 fully saturated rings. The fourth-order valence-electron chi connectivity index (χ4n) is 3.25. The molecule has 0 aromatic heterocycles. The van der Waals surface area contributed by atoms with Crippen LogP contribution in [0.3, 0.4) is 0 Å². The Hall–Kier alpha value is -1.38. The highest BCUT2D eigenvalue weighted by Gasteiger charge is 2.50. The van der Waals surface area contributed by atoms with Gasteiger partial charge in [0.15, 0.2) is 0 Å². The van der Waals surface area contributed by atoms with Gasteiger partial charge in [-0.1, -0.05) is 48.0 Å². The molecule has 0 bridgehead atoms. The van der Waals surface area contributed by atoms with Gasteiger partial charge in [0.25, 0.3) is 0 Å². The van der Waals surface area contributed by atoms with Crippen LogP contribution in [-0.4, -0.2) is 13.1 Å². The number of nitrogens with one attached hydrogen (secondary N) is 1. The van der Waals surface area contributed by atoms with Crippen LogP contribution in [0.5, 0.6) is 0 Å². The molecule has 2 aromatic rings. The molecule has 0 radical (unpaired) electrons. The molecule has 0 saturated heterocycles. The molecule has 3 heteroatoms. The average Bonchev–Trinajstić information content (AvgIpc) is 3.30. The van der Waals surface area contributed by atoms with Crippen LogP contribution in [0.25, 0.3) is 0 Å². The van der Waals surface area contributed by atoms with Gasteiger partial charge < -0.3 is 5.32 Å². The molecule has 1 unspecified atom stereocenters. The van der Waals surface area contributed by atoms with Gasteiger partial charge in [0.1, 0.15) is 5.82 Å². The van der Waals surface area contributed by atoms with Crippen molar-refractivity contribution >= 4 is 11.6 Å². The Balaban J connectivity index is 1.90. The zero-order valence-corrected chi connectivity index (χ0v) is 12.8. The lowest BCUT2D eigenvalue weighted by molar-refractivity contribution is 0.435. The summed E-state index contributed by atoms with van der Waals surface area (Å²) in [5, 5.41) is 3.89. The summed E-state index contributed by atoms with van der Waals surface area (Å²) in [6, 6.07) is 15.6. The molecule has 0 spiro atoms. The molecule has 0 aliphatic heterocycles. The zero-order chi connectivity index (χ0) is 14.9. The molecule has 1 aliphatic carbocycles. The van der Waals surface area contributed by atoms with Gasteiger partial charge in [0.2, 0.25) is 0 Å². The molecule has 0 amide bonds. The molecule has 1 aliphatic rings. The van der Waals surface area contributed by atoms with Crippen LogP contribution in [0.4, 0.5) is 4.39 Å². The van der Waals surface area contributed by atoms with Crippen molar-refractivity contribution < 1.29 is 4.39 Å². The van der Waals surface area contributed by atoms with Gasteiger partial charge >= 0.3 is 0 Å². The fraction of sp³-hybridized carbons (Fsp3) is 0.333. The SMILES string of the molecule is CNC(Cc1c(F)cccc1Cl)C1(c2ccccc2)CC1. The van der Waals surface area contributed by atoms with Crippen molar-refractivity contribution in [2.24, 2.45) is 0 Å². The maximum atomic E-state index is 14.0. The van der Waals surface area contributed by atoms with Crippen LogP contribution >= 0.6 is 11.6 Å². The molecule has 0 heterocycles. The Morgan fingerprint density at radius 2 is 1.86 bits per heavy atom. The van der Waals surface area contributed by atoms with Crippen molar-refractivity contribution in [2.75, 3.05) is 7.05 Å². The second kappa shape index (κ2) is 5.78. The van der Waals surface area contributed by atoms with Crippen LogP contribution < -0.4 is 5.32 Å². The topological polar surface area (TPSA) is 12.0 Å². The first-order chi connectivity index (χ1) is 10.2. The van der Waals surface area contributed by atoms with E-state index in [0.29, 0.717) is 17.0 Å². The predicted octanol–water partition coefficient (Wildman–Crippen LogP) is 4.34. The first-order valence-electron chi connectivity index (χ1n) is 7.33. The zero-order valence-electron chi connectivity index (χ0n) is 12.1. The molecule has 1 N–H and O–H groups in total. The van der Waals surface area contributed by atoms with Gasteiger partial charge in [0.05, 0.1) is 0 Å². The van der Waals surface area contributed by atoms with Crippen molar-refractivity contribution in [3.63, 3.8) is 0 Å². The summed E-state index contributed by atoms with van der Waals surface area (Å²) in [5.74, 6) is -0.216. The van der Waals surface area contributed by atoms with Crippen LogP contribution in [-0.2, 0) is 11.8 Å². The predicted molar refractivity (Wildman–Crippen MR) is 85.3 cm³/mol. The number of hydrogen-bond acceptors (Lipinski definition) is 1. The van der Waals surface area contributed by atoms with E-state index >= 15 is 0 Å². The summed E-state index contributed by atoms with van der Waals surface area (Å²) in [6.45, 7) is 0. The molecule has 1 nitrogen and oxygen atoms in total. The Morgan fingerprint density at radius 3 is 2.43 bits per heavy atom. The van der Waals surface area contributed by atoms with E-state index in [0.717, 1.165) is 12.8 Å². The minimum absolute atomic E-state index is 0.113. The monoisotopic (exact) mass is 303 g/mol. The molecule has 3 rings (SSSR count). The van der Waals surface area contributed by atoms with Crippen molar-refractivity contribution in [1.82, 2.24) is 5.32 Å². The second-order valence-corrected chi connectivity index (χ2v) is 6.17. The number of likely N-dealkylation sites (N-methyl/N-ethyl adjacent to an activating group) is 1. The average molecular weight is 304 g/mol. The van der Waals surface area contributed by atoms with E-state index in [4.69, 9.17) is 11.6 Å². The third-order valence-electron chi connectivity index (χ3n) is 4.62. The maximum Gasteiger partial charge on any atom is 0.127 e. The van der Waals surface area contributed by atoms with Gasteiger partial charge in [-0.05, 0) is 44.0 Å².